The van der Waals surface area contributed by atoms with E-state index in [1.807, 2.05) is 24.4 Å². The van der Waals surface area contributed by atoms with Crippen LogP contribution < -0.4 is 21.1 Å². The molecule has 9 nitrogen and oxygen atoms in total. The summed E-state index contributed by atoms with van der Waals surface area (Å²) < 4.78 is 11.2. The van der Waals surface area contributed by atoms with Gasteiger partial charge in [0.15, 0.2) is 5.69 Å². The smallest absolute Gasteiger partial charge is 0.357 e. The van der Waals surface area contributed by atoms with Crippen LogP contribution in [0.2, 0.25) is 0 Å². The predicted molar refractivity (Wildman–Crippen MR) is 163 cm³/mol. The van der Waals surface area contributed by atoms with Crippen LogP contribution in [-0.2, 0) is 17.7 Å². The van der Waals surface area contributed by atoms with Gasteiger partial charge in [0, 0.05) is 52.3 Å². The largest absolute Gasteiger partial charge is 0.493 e. The van der Waals surface area contributed by atoms with Gasteiger partial charge in [0.2, 0.25) is 0 Å². The van der Waals surface area contributed by atoms with Crippen molar-refractivity contribution in [3.8, 4) is 27.3 Å². The van der Waals surface area contributed by atoms with Gasteiger partial charge in [-0.05, 0) is 65.4 Å². The van der Waals surface area contributed by atoms with Gasteiger partial charge in [-0.1, -0.05) is 25.5 Å². The Hall–Kier alpha value is -4.54. The average molecular weight is 585 g/mol. The number of anilines is 1. The SMILES string of the molecule is CCCCNC(=O)c1ccc(-c2cc3c(cc2C(=O)Nc2ccc(CN)cc2)-c2sccc2CCO3)c(C(=O)OC)n1. The minimum Gasteiger partial charge on any atom is -0.493 e. The Bertz CT molecular complexity index is 1630. The van der Waals surface area contributed by atoms with Crippen LogP contribution in [0.4, 0.5) is 5.69 Å². The van der Waals surface area contributed by atoms with Gasteiger partial charge in [0.25, 0.3) is 11.8 Å². The van der Waals surface area contributed by atoms with E-state index >= 15 is 0 Å². The molecule has 0 fully saturated rings. The van der Waals surface area contributed by atoms with Gasteiger partial charge in [-0.15, -0.1) is 11.3 Å². The number of nitrogens with zero attached hydrogens (tertiary/aromatic N) is 1. The molecular formula is C32H32N4O5S. The van der Waals surface area contributed by atoms with Crippen molar-refractivity contribution in [2.75, 3.05) is 25.6 Å². The van der Waals surface area contributed by atoms with E-state index in [0.717, 1.165) is 40.8 Å². The number of thiophene rings is 1. The van der Waals surface area contributed by atoms with E-state index in [1.165, 1.54) is 7.11 Å². The first kappa shape index (κ1) is 29.0. The summed E-state index contributed by atoms with van der Waals surface area (Å²) in [6.07, 6.45) is 2.48. The van der Waals surface area contributed by atoms with Gasteiger partial charge in [-0.25, -0.2) is 9.78 Å². The molecule has 0 spiro atoms. The Labute approximate surface area is 248 Å². The molecule has 2 amide bonds. The van der Waals surface area contributed by atoms with Crippen LogP contribution in [-0.4, -0.2) is 43.0 Å². The molecule has 2 aromatic carbocycles. The zero-order valence-corrected chi connectivity index (χ0v) is 24.3. The first-order chi connectivity index (χ1) is 20.4. The highest BCUT2D eigenvalue weighted by molar-refractivity contribution is 7.13. The van der Waals surface area contributed by atoms with E-state index < -0.39 is 11.9 Å². The number of carbonyl (C=O) groups is 3. The Kier molecular flexibility index (Phi) is 8.94. The molecule has 0 unspecified atom stereocenters. The van der Waals surface area contributed by atoms with Crippen molar-refractivity contribution in [1.82, 2.24) is 10.3 Å². The molecule has 2 aromatic heterocycles. The van der Waals surface area contributed by atoms with Crippen LogP contribution in [0.15, 0.2) is 60.0 Å². The Morgan fingerprint density at radius 2 is 1.83 bits per heavy atom. The molecule has 216 valence electrons. The van der Waals surface area contributed by atoms with Gasteiger partial charge >= 0.3 is 5.97 Å². The summed E-state index contributed by atoms with van der Waals surface area (Å²) in [5.41, 5.74) is 10.3. The van der Waals surface area contributed by atoms with Crippen LogP contribution in [0.5, 0.6) is 5.75 Å². The number of esters is 1. The van der Waals surface area contributed by atoms with E-state index in [2.05, 4.69) is 21.7 Å². The number of methoxy groups -OCH3 is 1. The van der Waals surface area contributed by atoms with Gasteiger partial charge in [0.05, 0.1) is 13.7 Å². The molecule has 42 heavy (non-hydrogen) atoms. The summed E-state index contributed by atoms with van der Waals surface area (Å²) in [5, 5.41) is 7.81. The van der Waals surface area contributed by atoms with Crippen molar-refractivity contribution >= 4 is 34.8 Å². The summed E-state index contributed by atoms with van der Waals surface area (Å²) in [7, 11) is 1.25. The van der Waals surface area contributed by atoms with Crippen LogP contribution in [0.3, 0.4) is 0 Å². The maximum absolute atomic E-state index is 13.9. The minimum atomic E-state index is -0.728. The van der Waals surface area contributed by atoms with Crippen molar-refractivity contribution in [3.63, 3.8) is 0 Å². The molecule has 5 rings (SSSR count). The normalized spacial score (nSPS) is 11.9. The van der Waals surface area contributed by atoms with E-state index in [9.17, 15) is 14.4 Å². The van der Waals surface area contributed by atoms with E-state index in [0.29, 0.717) is 47.8 Å². The number of unbranched alkanes of at least 4 members (excludes halogenated alkanes) is 1. The van der Waals surface area contributed by atoms with Crippen molar-refractivity contribution in [2.45, 2.75) is 32.7 Å². The lowest BCUT2D eigenvalue weighted by molar-refractivity contribution is 0.0594. The number of ether oxygens (including phenoxy) is 2. The second-order valence-electron chi connectivity index (χ2n) is 9.82. The highest BCUT2D eigenvalue weighted by atomic mass is 32.1. The molecule has 1 aliphatic rings. The van der Waals surface area contributed by atoms with Gasteiger partial charge < -0.3 is 25.8 Å². The summed E-state index contributed by atoms with van der Waals surface area (Å²) >= 11 is 1.58. The number of nitrogens with two attached hydrogens (primary N) is 1. The molecular weight excluding hydrogens is 552 g/mol. The number of rotatable bonds is 9. The minimum absolute atomic E-state index is 0.0765. The zero-order chi connectivity index (χ0) is 29.6. The molecule has 0 bridgehead atoms. The van der Waals surface area contributed by atoms with Crippen LogP contribution in [0, 0.1) is 0 Å². The predicted octanol–water partition coefficient (Wildman–Crippen LogP) is 5.44. The number of carbonyl (C=O) groups excluding carboxylic acids is 3. The van der Waals surface area contributed by atoms with Crippen molar-refractivity contribution in [3.05, 3.63) is 88.1 Å². The Morgan fingerprint density at radius 3 is 2.57 bits per heavy atom. The molecule has 0 radical (unpaired) electrons. The summed E-state index contributed by atoms with van der Waals surface area (Å²) in [6, 6.07) is 16.1. The molecule has 4 N–H and O–H groups in total. The third-order valence-corrected chi connectivity index (χ3v) is 8.03. The first-order valence-corrected chi connectivity index (χ1v) is 14.7. The van der Waals surface area contributed by atoms with Crippen LogP contribution in [0.25, 0.3) is 21.6 Å². The number of nitrogens with one attached hydrogen (secondary N) is 2. The molecule has 3 heterocycles. The molecule has 1 aliphatic heterocycles. The third-order valence-electron chi connectivity index (χ3n) is 7.04. The Morgan fingerprint density at radius 1 is 1.02 bits per heavy atom. The summed E-state index contributed by atoms with van der Waals surface area (Å²) in [4.78, 5) is 45.1. The van der Waals surface area contributed by atoms with Crippen molar-refractivity contribution in [2.24, 2.45) is 5.73 Å². The van der Waals surface area contributed by atoms with E-state index in [-0.39, 0.29) is 17.3 Å². The second-order valence-corrected chi connectivity index (χ2v) is 10.7. The second kappa shape index (κ2) is 13.0. The quantitative estimate of drug-likeness (QED) is 0.176. The van der Waals surface area contributed by atoms with E-state index in [1.54, 1.807) is 47.7 Å². The lowest BCUT2D eigenvalue weighted by Crippen LogP contribution is -2.26. The summed E-state index contributed by atoms with van der Waals surface area (Å²) in [6.45, 7) is 3.38. The molecule has 0 atom stereocenters. The van der Waals surface area contributed by atoms with Crippen molar-refractivity contribution < 1.29 is 23.9 Å². The molecule has 0 saturated heterocycles. The molecule has 0 aliphatic carbocycles. The lowest BCUT2D eigenvalue weighted by Gasteiger charge is -2.17. The lowest BCUT2D eigenvalue weighted by atomic mass is 9.93. The number of hydrogen-bond acceptors (Lipinski definition) is 8. The highest BCUT2D eigenvalue weighted by Gasteiger charge is 2.27. The van der Waals surface area contributed by atoms with Crippen LogP contribution >= 0.6 is 11.3 Å². The fourth-order valence-electron chi connectivity index (χ4n) is 4.77. The maximum Gasteiger partial charge on any atom is 0.357 e. The zero-order valence-electron chi connectivity index (χ0n) is 23.5. The number of hydrogen-bond donors (Lipinski definition) is 3. The maximum atomic E-state index is 13.9. The molecule has 4 aromatic rings. The monoisotopic (exact) mass is 584 g/mol. The van der Waals surface area contributed by atoms with Gasteiger partial charge in [-0.2, -0.15) is 0 Å². The number of pyridine rings is 1. The third kappa shape index (κ3) is 6.05. The van der Waals surface area contributed by atoms with Crippen LogP contribution in [0.1, 0.15) is 62.2 Å². The fraction of sp³-hybridized carbons (Fsp3) is 0.250. The highest BCUT2D eigenvalue weighted by Crippen LogP contribution is 2.43. The number of aromatic nitrogens is 1. The van der Waals surface area contributed by atoms with E-state index in [4.69, 9.17) is 15.2 Å². The number of benzene rings is 2. The Balaban J connectivity index is 1.64. The number of fused-ring (bicyclic) bond motifs is 3. The van der Waals surface area contributed by atoms with Gasteiger partial charge in [0.1, 0.15) is 11.4 Å². The topological polar surface area (TPSA) is 133 Å². The average Bonchev–Trinajstić information content (AvgIpc) is 3.41. The van der Waals surface area contributed by atoms with Crippen molar-refractivity contribution in [1.29, 1.82) is 0 Å². The van der Waals surface area contributed by atoms with Gasteiger partial charge in [-0.3, -0.25) is 9.59 Å². The standard InChI is InChI=1S/C32H32N4O5S/c1-3-4-13-34-31(38)26-10-9-22(28(36-26)32(39)40-2)23-17-27-25(29-20(11-14-41-27)12-15-42-29)16-24(23)30(37)35-21-7-5-19(18-33)6-8-21/h5-10,12,15-17H,3-4,11,13-14,18,33H2,1-2H3,(H,34,38)(H,35,37). The molecule has 10 heteroatoms. The summed E-state index contributed by atoms with van der Waals surface area (Å²) in [5.74, 6) is -0.914. The molecule has 0 saturated carbocycles. The number of amides is 2. The first-order valence-electron chi connectivity index (χ1n) is 13.8. The fourth-order valence-corrected chi connectivity index (χ4v) is 5.75.